The molecule has 0 saturated carbocycles. The monoisotopic (exact) mass is 404 g/mol. The van der Waals surface area contributed by atoms with Crippen LogP contribution in [0.5, 0.6) is 0 Å². The molecule has 0 aliphatic carbocycles. The van der Waals surface area contributed by atoms with Crippen molar-refractivity contribution in [2.45, 2.75) is 0 Å². The minimum atomic E-state index is -0.788. The van der Waals surface area contributed by atoms with Gasteiger partial charge in [0.15, 0.2) is 11.5 Å². The van der Waals surface area contributed by atoms with Gasteiger partial charge in [0.2, 0.25) is 0 Å². The molecule has 0 saturated heterocycles. The van der Waals surface area contributed by atoms with Gasteiger partial charge in [-0.1, -0.05) is 5.16 Å². The molecule has 20 heavy (non-hydrogen) atoms. The third-order valence-electron chi connectivity index (χ3n) is 2.23. The van der Waals surface area contributed by atoms with Gasteiger partial charge in [-0.05, 0) is 56.1 Å². The van der Waals surface area contributed by atoms with E-state index in [1.54, 1.807) is 0 Å². The highest BCUT2D eigenvalue weighted by molar-refractivity contribution is 9.13. The molecule has 2 aromatic rings. The van der Waals surface area contributed by atoms with Crippen LogP contribution in [0.3, 0.4) is 0 Å². The number of nitrogens with one attached hydrogen (secondary N) is 1. The second-order valence-electron chi connectivity index (χ2n) is 3.56. The maximum absolute atomic E-state index is 12.7. The van der Waals surface area contributed by atoms with E-state index in [2.05, 4.69) is 52.1 Å². The zero-order valence-corrected chi connectivity index (χ0v) is 12.9. The number of aromatic nitrogens is 2. The van der Waals surface area contributed by atoms with Crippen molar-refractivity contribution in [3.05, 3.63) is 50.4 Å². The van der Waals surface area contributed by atoms with Gasteiger partial charge in [-0.3, -0.25) is 5.10 Å². The smallest absolute Gasteiger partial charge is 0.380 e. The van der Waals surface area contributed by atoms with Crippen molar-refractivity contribution < 1.29 is 14.0 Å². The van der Waals surface area contributed by atoms with E-state index in [1.807, 2.05) is 0 Å². The number of hydrogen-bond acceptors (Lipinski definition) is 4. The van der Waals surface area contributed by atoms with E-state index in [0.29, 0.717) is 14.6 Å². The minimum absolute atomic E-state index is 0.0209. The Morgan fingerprint density at radius 1 is 1.35 bits per heavy atom. The highest BCUT2D eigenvalue weighted by atomic mass is 79.9. The molecule has 0 radical (unpaired) electrons. The molecule has 1 aromatic carbocycles. The van der Waals surface area contributed by atoms with Gasteiger partial charge in [0.1, 0.15) is 10.4 Å². The summed E-state index contributed by atoms with van der Waals surface area (Å²) in [4.78, 5) is 16.4. The number of rotatable bonds is 3. The van der Waals surface area contributed by atoms with Crippen LogP contribution in [-0.2, 0) is 4.84 Å². The molecule has 0 bridgehead atoms. The van der Waals surface area contributed by atoms with E-state index in [9.17, 15) is 9.18 Å². The van der Waals surface area contributed by atoms with Crippen LogP contribution in [0, 0.1) is 5.82 Å². The Bertz CT molecular complexity index is 670. The summed E-state index contributed by atoms with van der Waals surface area (Å²) in [6, 6.07) is 5.29. The van der Waals surface area contributed by atoms with Gasteiger partial charge in [-0.15, -0.1) is 0 Å². The van der Waals surface area contributed by atoms with E-state index in [4.69, 9.17) is 5.73 Å². The van der Waals surface area contributed by atoms with E-state index < -0.39 is 11.8 Å². The van der Waals surface area contributed by atoms with E-state index in [0.717, 1.165) is 0 Å². The quantitative estimate of drug-likeness (QED) is 0.355. The van der Waals surface area contributed by atoms with Crippen molar-refractivity contribution in [3.8, 4) is 0 Å². The van der Waals surface area contributed by atoms with Crippen molar-refractivity contribution >= 4 is 43.7 Å². The lowest BCUT2D eigenvalue weighted by Crippen LogP contribution is -2.15. The molecule has 0 atom stereocenters. The molecule has 0 spiro atoms. The van der Waals surface area contributed by atoms with Crippen LogP contribution in [-0.4, -0.2) is 22.0 Å². The molecule has 1 heterocycles. The third kappa shape index (κ3) is 3.23. The molecule has 6 nitrogen and oxygen atoms in total. The van der Waals surface area contributed by atoms with Crippen molar-refractivity contribution in [1.29, 1.82) is 0 Å². The Balaban J connectivity index is 2.10. The number of hydrogen-bond donors (Lipinski definition) is 2. The lowest BCUT2D eigenvalue weighted by Gasteiger charge is -2.00. The SMILES string of the molecule is N/C(=N\OC(=O)c1n[nH]c(Br)c1Br)c1ccc(F)cc1. The zero-order chi connectivity index (χ0) is 14.7. The van der Waals surface area contributed by atoms with Crippen LogP contribution in [0.25, 0.3) is 0 Å². The third-order valence-corrected chi connectivity index (χ3v) is 4.10. The first-order chi connectivity index (χ1) is 9.49. The van der Waals surface area contributed by atoms with Gasteiger partial charge >= 0.3 is 5.97 Å². The average Bonchev–Trinajstić information content (AvgIpc) is 2.77. The van der Waals surface area contributed by atoms with Crippen molar-refractivity contribution in [3.63, 3.8) is 0 Å². The van der Waals surface area contributed by atoms with E-state index in [1.165, 1.54) is 24.3 Å². The number of aromatic amines is 1. The molecule has 0 fully saturated rings. The molecule has 0 unspecified atom stereocenters. The number of oxime groups is 1. The molecule has 2 rings (SSSR count). The van der Waals surface area contributed by atoms with Crippen molar-refractivity contribution in [2.75, 3.05) is 0 Å². The fraction of sp³-hybridized carbons (Fsp3) is 0. The van der Waals surface area contributed by atoms with Crippen molar-refractivity contribution in [2.24, 2.45) is 10.9 Å². The first-order valence-corrected chi connectivity index (χ1v) is 6.77. The number of halogens is 3. The van der Waals surface area contributed by atoms with E-state index >= 15 is 0 Å². The van der Waals surface area contributed by atoms with Crippen LogP contribution in [0.2, 0.25) is 0 Å². The topological polar surface area (TPSA) is 93.4 Å². The summed E-state index contributed by atoms with van der Waals surface area (Å²) in [5.74, 6) is -1.24. The number of carbonyl (C=O) groups excluding carboxylic acids is 1. The van der Waals surface area contributed by atoms with Gasteiger partial charge < -0.3 is 10.6 Å². The van der Waals surface area contributed by atoms with Crippen LogP contribution in [0.15, 0.2) is 38.5 Å². The van der Waals surface area contributed by atoms with E-state index in [-0.39, 0.29) is 11.5 Å². The van der Waals surface area contributed by atoms with Gasteiger partial charge in [-0.2, -0.15) is 5.10 Å². The second kappa shape index (κ2) is 6.14. The first-order valence-electron chi connectivity index (χ1n) is 5.19. The summed E-state index contributed by atoms with van der Waals surface area (Å²) in [5, 5.41) is 9.75. The minimum Gasteiger partial charge on any atom is -0.380 e. The molecule has 1 aromatic heterocycles. The number of nitrogens with two attached hydrogens (primary N) is 1. The number of H-pyrrole nitrogens is 1. The number of nitrogens with zero attached hydrogens (tertiary/aromatic N) is 2. The maximum atomic E-state index is 12.7. The zero-order valence-electron chi connectivity index (χ0n) is 9.73. The Hall–Kier alpha value is -1.74. The lowest BCUT2D eigenvalue weighted by molar-refractivity contribution is 0.0508. The van der Waals surface area contributed by atoms with Gasteiger partial charge in [0.25, 0.3) is 0 Å². The summed E-state index contributed by atoms with van der Waals surface area (Å²) in [6.07, 6.45) is 0. The van der Waals surface area contributed by atoms with Gasteiger partial charge in [0.05, 0.1) is 4.47 Å². The standard InChI is InChI=1S/C11H7Br2FN4O2/c12-7-8(16-17-9(7)13)11(19)20-18-10(15)5-1-3-6(14)4-2-5/h1-4H,(H2,15,18)(H,16,17). The highest BCUT2D eigenvalue weighted by Gasteiger charge is 2.18. The molecule has 0 aliphatic rings. The fourth-order valence-electron chi connectivity index (χ4n) is 1.25. The van der Waals surface area contributed by atoms with Gasteiger partial charge in [-0.25, -0.2) is 9.18 Å². The largest absolute Gasteiger partial charge is 0.387 e. The molecule has 3 N–H and O–H groups in total. The molecule has 0 aliphatic heterocycles. The highest BCUT2D eigenvalue weighted by Crippen LogP contribution is 2.24. The maximum Gasteiger partial charge on any atom is 0.387 e. The normalized spacial score (nSPS) is 11.4. The Kier molecular flexibility index (Phi) is 4.50. The van der Waals surface area contributed by atoms with Crippen LogP contribution < -0.4 is 5.73 Å². The Morgan fingerprint density at radius 2 is 2.00 bits per heavy atom. The summed E-state index contributed by atoms with van der Waals surface area (Å²) < 4.78 is 13.7. The summed E-state index contributed by atoms with van der Waals surface area (Å²) >= 11 is 6.29. The van der Waals surface area contributed by atoms with Crippen LogP contribution in [0.4, 0.5) is 4.39 Å². The fourth-order valence-corrected chi connectivity index (χ4v) is 1.87. The lowest BCUT2D eigenvalue weighted by atomic mass is 10.2. The predicted molar refractivity (Wildman–Crippen MR) is 76.5 cm³/mol. The molecule has 9 heteroatoms. The average molecular weight is 406 g/mol. The predicted octanol–water partition coefficient (Wildman–Crippen LogP) is 2.55. The molecule has 0 amide bonds. The molecule has 104 valence electrons. The number of benzene rings is 1. The Labute approximate surface area is 129 Å². The second-order valence-corrected chi connectivity index (χ2v) is 5.15. The van der Waals surface area contributed by atoms with Gasteiger partial charge in [0, 0.05) is 5.56 Å². The Morgan fingerprint density at radius 3 is 2.55 bits per heavy atom. The summed E-state index contributed by atoms with van der Waals surface area (Å²) in [6.45, 7) is 0. The van der Waals surface area contributed by atoms with Crippen molar-refractivity contribution in [1.82, 2.24) is 10.2 Å². The summed E-state index contributed by atoms with van der Waals surface area (Å²) in [7, 11) is 0. The van der Waals surface area contributed by atoms with Crippen LogP contribution >= 0.6 is 31.9 Å². The number of amidine groups is 1. The molecular formula is C11H7Br2FN4O2. The number of carbonyl (C=O) groups is 1. The van der Waals surface area contributed by atoms with Crippen LogP contribution in [0.1, 0.15) is 16.1 Å². The molecular weight excluding hydrogens is 399 g/mol. The first kappa shape index (κ1) is 14.7. The summed E-state index contributed by atoms with van der Waals surface area (Å²) in [5.41, 5.74) is 6.07.